The Morgan fingerprint density at radius 2 is 1.84 bits per heavy atom. The van der Waals surface area contributed by atoms with Crippen LogP contribution < -0.4 is 10.6 Å². The van der Waals surface area contributed by atoms with Gasteiger partial charge in [0.05, 0.1) is 11.5 Å². The molecule has 13 heteroatoms. The second kappa shape index (κ2) is 11.3. The average Bonchev–Trinajstić information content (AvgIpc) is 3.64. The lowest BCUT2D eigenvalue weighted by Gasteiger charge is -2.34. The molecule has 1 spiro atoms. The summed E-state index contributed by atoms with van der Waals surface area (Å²) in [6.07, 6.45) is -4.02. The number of hydrogen-bond acceptors (Lipinski definition) is 5. The maximum atomic E-state index is 14.2. The lowest BCUT2D eigenvalue weighted by atomic mass is 9.80. The molecule has 4 atom stereocenters. The number of alkyl halides is 3. The molecular weight excluding hydrogens is 570 g/mol. The third-order valence-electron chi connectivity index (χ3n) is 8.49. The maximum Gasteiger partial charge on any atom is 0.471 e. The predicted octanol–water partition coefficient (Wildman–Crippen LogP) is 3.06. The molecule has 9 nitrogen and oxygen atoms in total. The van der Waals surface area contributed by atoms with Crippen LogP contribution in [0.25, 0.3) is 0 Å². The molecule has 2 fully saturated rings. The maximum absolute atomic E-state index is 14.2. The molecule has 0 unspecified atom stereocenters. The van der Waals surface area contributed by atoms with Gasteiger partial charge in [0.1, 0.15) is 23.9 Å². The van der Waals surface area contributed by atoms with Crippen molar-refractivity contribution in [3.63, 3.8) is 0 Å². The Bertz CT molecular complexity index is 1490. The molecule has 4 amide bonds. The van der Waals surface area contributed by atoms with Crippen molar-refractivity contribution in [2.45, 2.75) is 61.8 Å². The second-order valence-electron chi connectivity index (χ2n) is 11.4. The number of nitriles is 1. The molecule has 0 bridgehead atoms. The van der Waals surface area contributed by atoms with E-state index in [1.807, 2.05) is 0 Å². The fourth-order valence-corrected chi connectivity index (χ4v) is 5.96. The lowest BCUT2D eigenvalue weighted by Crippen LogP contribution is -2.57. The molecule has 2 aromatic rings. The number of halogens is 4. The van der Waals surface area contributed by atoms with Crippen LogP contribution in [0.3, 0.4) is 0 Å². The number of nitrogens with zero attached hydrogens (tertiary/aromatic N) is 3. The Hall–Kier alpha value is -4.47. The first-order valence-corrected chi connectivity index (χ1v) is 13.8. The molecule has 5 rings (SSSR count). The zero-order valence-corrected chi connectivity index (χ0v) is 23.2. The van der Waals surface area contributed by atoms with Crippen molar-refractivity contribution in [3.8, 4) is 6.07 Å². The Labute approximate surface area is 244 Å². The van der Waals surface area contributed by atoms with Crippen molar-refractivity contribution in [1.82, 2.24) is 15.1 Å². The Kier molecular flexibility index (Phi) is 7.89. The molecule has 2 aliphatic heterocycles. The van der Waals surface area contributed by atoms with Gasteiger partial charge in [0.15, 0.2) is 0 Å². The van der Waals surface area contributed by atoms with Crippen molar-refractivity contribution in [2.24, 2.45) is 5.92 Å². The average molecular weight is 600 g/mol. The van der Waals surface area contributed by atoms with Gasteiger partial charge in [-0.2, -0.15) is 18.4 Å². The standard InChI is InChI=1S/C30H29F4N5O4/c1-38(25(40)23(12-17-6-7-17)37-28(43)30(32,33)34)24(13-18-8-10-19(31)11-9-18)26(41)39-16-29(14-20(39)15-35)21-4-2-3-5-22(21)36-27(29)42/h2-5,8-11,17,20,23-24H,6-7,12-14,16H2,1H3,(H,36,42)(H,37,43)/t20-,23-,24-,29-/m0/s1. The van der Waals surface area contributed by atoms with Crippen molar-refractivity contribution < 1.29 is 36.7 Å². The van der Waals surface area contributed by atoms with Gasteiger partial charge in [0.25, 0.3) is 0 Å². The van der Waals surface area contributed by atoms with Crippen LogP contribution in [0.15, 0.2) is 48.5 Å². The highest BCUT2D eigenvalue weighted by Gasteiger charge is 2.57. The van der Waals surface area contributed by atoms with Crippen LogP contribution in [0, 0.1) is 23.1 Å². The Morgan fingerprint density at radius 1 is 1.16 bits per heavy atom. The van der Waals surface area contributed by atoms with Crippen LogP contribution in [0.5, 0.6) is 0 Å². The van der Waals surface area contributed by atoms with E-state index in [0.29, 0.717) is 29.7 Å². The van der Waals surface area contributed by atoms with Gasteiger partial charge in [-0.3, -0.25) is 19.2 Å². The van der Waals surface area contributed by atoms with Crippen LogP contribution in [-0.4, -0.2) is 71.3 Å². The van der Waals surface area contributed by atoms with Crippen molar-refractivity contribution in [2.75, 3.05) is 18.9 Å². The number of fused-ring (bicyclic) bond motifs is 2. The van der Waals surface area contributed by atoms with E-state index < -0.39 is 53.3 Å². The van der Waals surface area contributed by atoms with E-state index in [0.717, 1.165) is 4.90 Å². The van der Waals surface area contributed by atoms with Gasteiger partial charge in [-0.25, -0.2) is 4.39 Å². The SMILES string of the molecule is CN(C(=O)[C@H](CC1CC1)NC(=O)C(F)(F)F)[C@@H](Cc1ccc(F)cc1)C(=O)N1C[C@]2(C[C@H]1C#N)C(=O)Nc1ccccc12. The highest BCUT2D eigenvalue weighted by molar-refractivity contribution is 6.07. The molecule has 0 aromatic heterocycles. The second-order valence-corrected chi connectivity index (χ2v) is 11.4. The van der Waals surface area contributed by atoms with Crippen LogP contribution in [0.2, 0.25) is 0 Å². The first-order valence-electron chi connectivity index (χ1n) is 13.8. The zero-order chi connectivity index (χ0) is 31.1. The van der Waals surface area contributed by atoms with Gasteiger partial charge in [-0.15, -0.1) is 0 Å². The molecule has 2 N–H and O–H groups in total. The quantitative estimate of drug-likeness (QED) is 0.452. The molecular formula is C30H29F4N5O4. The molecule has 0 radical (unpaired) electrons. The third-order valence-corrected chi connectivity index (χ3v) is 8.49. The Morgan fingerprint density at radius 3 is 2.47 bits per heavy atom. The van der Waals surface area contributed by atoms with Crippen molar-refractivity contribution in [1.29, 1.82) is 5.26 Å². The van der Waals surface area contributed by atoms with Gasteiger partial charge in [0, 0.05) is 32.1 Å². The number of para-hydroxylation sites is 1. The number of likely N-dealkylation sites (N-methyl/N-ethyl adjacent to an activating group) is 1. The molecule has 1 saturated heterocycles. The first kappa shape index (κ1) is 30.0. The molecule has 1 saturated carbocycles. The van der Waals surface area contributed by atoms with E-state index in [1.165, 1.54) is 36.2 Å². The number of carbonyl (C=O) groups is 4. The number of carbonyl (C=O) groups excluding carboxylic acids is 4. The fourth-order valence-electron chi connectivity index (χ4n) is 5.96. The monoisotopic (exact) mass is 599 g/mol. The largest absolute Gasteiger partial charge is 0.471 e. The number of anilines is 1. The number of rotatable bonds is 8. The number of hydrogen-bond donors (Lipinski definition) is 2. The van der Waals surface area contributed by atoms with Gasteiger partial charge in [-0.1, -0.05) is 43.2 Å². The summed E-state index contributed by atoms with van der Waals surface area (Å²) in [5, 5.41) is 14.6. The minimum atomic E-state index is -5.22. The number of amides is 4. The van der Waals surface area contributed by atoms with Gasteiger partial charge < -0.3 is 20.4 Å². The molecule has 3 aliphatic rings. The fraction of sp³-hybridized carbons (Fsp3) is 0.433. The molecule has 2 aromatic carbocycles. The highest BCUT2D eigenvalue weighted by Crippen LogP contribution is 2.46. The summed E-state index contributed by atoms with van der Waals surface area (Å²) < 4.78 is 53.0. The molecule has 43 heavy (non-hydrogen) atoms. The van der Waals surface area contributed by atoms with E-state index in [4.69, 9.17) is 0 Å². The van der Waals surface area contributed by atoms with Crippen LogP contribution in [0.1, 0.15) is 36.8 Å². The first-order chi connectivity index (χ1) is 20.3. The zero-order valence-electron chi connectivity index (χ0n) is 23.2. The van der Waals surface area contributed by atoms with Crippen LogP contribution >= 0.6 is 0 Å². The van der Waals surface area contributed by atoms with E-state index in [-0.39, 0.29) is 37.6 Å². The van der Waals surface area contributed by atoms with E-state index >= 15 is 0 Å². The normalized spacial score (nSPS) is 22.4. The van der Waals surface area contributed by atoms with E-state index in [2.05, 4.69) is 11.4 Å². The summed E-state index contributed by atoms with van der Waals surface area (Å²) in [5.74, 6) is -4.83. The molecule has 2 heterocycles. The summed E-state index contributed by atoms with van der Waals surface area (Å²) in [4.78, 5) is 55.1. The minimum Gasteiger partial charge on any atom is -0.336 e. The predicted molar refractivity (Wildman–Crippen MR) is 144 cm³/mol. The van der Waals surface area contributed by atoms with Crippen molar-refractivity contribution in [3.05, 3.63) is 65.5 Å². The number of likely N-dealkylation sites (tertiary alicyclic amines) is 1. The van der Waals surface area contributed by atoms with E-state index in [9.17, 15) is 42.0 Å². The highest BCUT2D eigenvalue weighted by atomic mass is 19.4. The van der Waals surface area contributed by atoms with Crippen LogP contribution in [0.4, 0.5) is 23.2 Å². The smallest absolute Gasteiger partial charge is 0.336 e. The summed E-state index contributed by atoms with van der Waals surface area (Å²) in [6, 6.07) is 10.3. The topological polar surface area (TPSA) is 123 Å². The number of benzene rings is 2. The summed E-state index contributed by atoms with van der Waals surface area (Å²) >= 11 is 0. The van der Waals surface area contributed by atoms with E-state index in [1.54, 1.807) is 29.6 Å². The van der Waals surface area contributed by atoms with Crippen LogP contribution in [-0.2, 0) is 31.0 Å². The Balaban J connectivity index is 1.47. The van der Waals surface area contributed by atoms with Crippen molar-refractivity contribution >= 4 is 29.3 Å². The minimum absolute atomic E-state index is 0.00492. The third kappa shape index (κ3) is 5.91. The van der Waals surface area contributed by atoms with Gasteiger partial charge in [-0.05, 0) is 41.7 Å². The molecule has 226 valence electrons. The van der Waals surface area contributed by atoms with Gasteiger partial charge >= 0.3 is 12.1 Å². The summed E-state index contributed by atoms with van der Waals surface area (Å²) in [7, 11) is 1.25. The number of nitrogens with one attached hydrogen (secondary N) is 2. The van der Waals surface area contributed by atoms with Gasteiger partial charge in [0.2, 0.25) is 17.7 Å². The summed E-state index contributed by atoms with van der Waals surface area (Å²) in [6.45, 7) is -0.162. The molecule has 1 aliphatic carbocycles. The summed E-state index contributed by atoms with van der Waals surface area (Å²) in [5.41, 5.74) is 0.445. The lowest BCUT2D eigenvalue weighted by molar-refractivity contribution is -0.175.